The summed E-state index contributed by atoms with van der Waals surface area (Å²) in [6.07, 6.45) is 4.38. The smallest absolute Gasteiger partial charge is 0.208 e. The van der Waals surface area contributed by atoms with Crippen LogP contribution in [-0.2, 0) is 10.0 Å². The van der Waals surface area contributed by atoms with E-state index in [4.69, 9.17) is 0 Å². The fourth-order valence-corrected chi connectivity index (χ4v) is 4.67. The van der Waals surface area contributed by atoms with Gasteiger partial charge >= 0.3 is 0 Å². The van der Waals surface area contributed by atoms with E-state index < -0.39 is 10.0 Å². The SMILES string of the molecule is Cc1cc(C)c(S(=O)(=O)NC2CCCCC2C)cc1C. The van der Waals surface area contributed by atoms with Gasteiger partial charge < -0.3 is 0 Å². The van der Waals surface area contributed by atoms with Crippen molar-refractivity contribution in [1.29, 1.82) is 0 Å². The quantitative estimate of drug-likeness (QED) is 0.928. The van der Waals surface area contributed by atoms with Crippen LogP contribution in [0.2, 0.25) is 0 Å². The molecular weight excluding hydrogens is 270 g/mol. The van der Waals surface area contributed by atoms with E-state index >= 15 is 0 Å². The van der Waals surface area contributed by atoms with E-state index in [2.05, 4.69) is 11.6 Å². The normalized spacial score (nSPS) is 23.8. The molecule has 1 N–H and O–H groups in total. The number of nitrogens with one attached hydrogen (secondary N) is 1. The Morgan fingerprint density at radius 2 is 1.60 bits per heavy atom. The fraction of sp³-hybridized carbons (Fsp3) is 0.625. The second-order valence-electron chi connectivity index (χ2n) is 6.19. The molecule has 0 bridgehead atoms. The molecule has 0 heterocycles. The van der Waals surface area contributed by atoms with E-state index in [9.17, 15) is 8.42 Å². The van der Waals surface area contributed by atoms with E-state index in [0.717, 1.165) is 36.0 Å². The minimum absolute atomic E-state index is 0.0785. The third kappa shape index (κ3) is 3.23. The van der Waals surface area contributed by atoms with Crippen LogP contribution < -0.4 is 4.72 Å². The molecule has 1 fully saturated rings. The average molecular weight is 295 g/mol. The lowest BCUT2D eigenvalue weighted by atomic mass is 9.87. The zero-order chi connectivity index (χ0) is 14.9. The number of rotatable bonds is 3. The molecule has 0 amide bonds. The molecule has 4 heteroatoms. The van der Waals surface area contributed by atoms with Gasteiger partial charge in [0.25, 0.3) is 0 Å². The molecule has 2 rings (SSSR count). The second-order valence-corrected chi connectivity index (χ2v) is 7.87. The first-order chi connectivity index (χ1) is 9.31. The Morgan fingerprint density at radius 1 is 1.00 bits per heavy atom. The van der Waals surface area contributed by atoms with Crippen molar-refractivity contribution in [2.45, 2.75) is 64.3 Å². The van der Waals surface area contributed by atoms with Crippen LogP contribution in [0.4, 0.5) is 0 Å². The molecule has 20 heavy (non-hydrogen) atoms. The summed E-state index contributed by atoms with van der Waals surface area (Å²) in [6, 6.07) is 3.82. The van der Waals surface area contributed by atoms with Crippen molar-refractivity contribution in [1.82, 2.24) is 4.72 Å². The Labute approximate surface area is 122 Å². The van der Waals surface area contributed by atoms with Gasteiger partial charge in [-0.25, -0.2) is 13.1 Å². The third-order valence-corrected chi connectivity index (χ3v) is 6.13. The summed E-state index contributed by atoms with van der Waals surface area (Å²) in [4.78, 5) is 0.429. The van der Waals surface area contributed by atoms with Gasteiger partial charge in [0.1, 0.15) is 0 Å². The predicted octanol–water partition coefficient (Wildman–Crippen LogP) is 3.47. The van der Waals surface area contributed by atoms with Gasteiger partial charge in [-0.05, 0) is 62.3 Å². The van der Waals surface area contributed by atoms with Gasteiger partial charge in [0.05, 0.1) is 4.90 Å². The summed E-state index contributed by atoms with van der Waals surface area (Å²) >= 11 is 0. The van der Waals surface area contributed by atoms with Crippen LogP contribution in [0.3, 0.4) is 0 Å². The maximum absolute atomic E-state index is 12.6. The molecule has 1 aliphatic rings. The molecule has 1 aromatic rings. The highest BCUT2D eigenvalue weighted by atomic mass is 32.2. The van der Waals surface area contributed by atoms with Gasteiger partial charge in [-0.3, -0.25) is 0 Å². The van der Waals surface area contributed by atoms with E-state index in [1.807, 2.05) is 26.8 Å². The first kappa shape index (κ1) is 15.5. The molecule has 2 atom stereocenters. The van der Waals surface area contributed by atoms with E-state index in [1.54, 1.807) is 6.07 Å². The Balaban J connectivity index is 2.28. The standard InChI is InChI=1S/C16H25NO2S/c1-11-7-5-6-8-15(11)17-20(18,19)16-10-13(3)12(2)9-14(16)4/h9-11,15,17H,5-8H2,1-4H3. The van der Waals surface area contributed by atoms with Crippen molar-refractivity contribution < 1.29 is 8.42 Å². The Bertz CT molecular complexity index is 593. The zero-order valence-electron chi connectivity index (χ0n) is 12.9. The first-order valence-corrected chi connectivity index (χ1v) is 8.90. The summed E-state index contributed by atoms with van der Waals surface area (Å²) < 4.78 is 28.2. The molecule has 0 aromatic heterocycles. The molecule has 1 aliphatic carbocycles. The number of aryl methyl sites for hydroxylation is 3. The molecule has 0 radical (unpaired) electrons. The zero-order valence-corrected chi connectivity index (χ0v) is 13.7. The lowest BCUT2D eigenvalue weighted by molar-refractivity contribution is 0.310. The first-order valence-electron chi connectivity index (χ1n) is 7.41. The van der Waals surface area contributed by atoms with Gasteiger partial charge in [0.2, 0.25) is 10.0 Å². The highest BCUT2D eigenvalue weighted by molar-refractivity contribution is 7.89. The lowest BCUT2D eigenvalue weighted by Gasteiger charge is -2.29. The Kier molecular flexibility index (Phi) is 4.55. The molecule has 1 aromatic carbocycles. The fourth-order valence-electron chi connectivity index (χ4n) is 2.98. The predicted molar refractivity (Wildman–Crippen MR) is 82.4 cm³/mol. The van der Waals surface area contributed by atoms with Gasteiger partial charge in [0, 0.05) is 6.04 Å². The molecular formula is C16H25NO2S. The maximum Gasteiger partial charge on any atom is 0.241 e. The summed E-state index contributed by atoms with van der Waals surface area (Å²) in [7, 11) is -3.41. The number of sulfonamides is 1. The summed E-state index contributed by atoms with van der Waals surface area (Å²) in [5.74, 6) is 0.422. The number of hydrogen-bond donors (Lipinski definition) is 1. The molecule has 112 valence electrons. The summed E-state index contributed by atoms with van der Waals surface area (Å²) in [5.41, 5.74) is 2.98. The minimum atomic E-state index is -3.41. The third-order valence-electron chi connectivity index (χ3n) is 4.50. The molecule has 0 aliphatic heterocycles. The van der Waals surface area contributed by atoms with E-state index in [0.29, 0.717) is 10.8 Å². The maximum atomic E-state index is 12.6. The van der Waals surface area contributed by atoms with Crippen molar-refractivity contribution in [3.63, 3.8) is 0 Å². The second kappa shape index (κ2) is 5.86. The molecule has 0 spiro atoms. The van der Waals surface area contributed by atoms with Crippen LogP contribution >= 0.6 is 0 Å². The van der Waals surface area contributed by atoms with E-state index in [-0.39, 0.29) is 6.04 Å². The number of benzene rings is 1. The van der Waals surface area contributed by atoms with Crippen molar-refractivity contribution in [3.05, 3.63) is 28.8 Å². The molecule has 3 nitrogen and oxygen atoms in total. The van der Waals surface area contributed by atoms with Crippen LogP contribution in [-0.4, -0.2) is 14.5 Å². The van der Waals surface area contributed by atoms with Crippen molar-refractivity contribution >= 4 is 10.0 Å². The van der Waals surface area contributed by atoms with E-state index in [1.165, 1.54) is 6.42 Å². The Hall–Kier alpha value is -0.870. The minimum Gasteiger partial charge on any atom is -0.208 e. The van der Waals surface area contributed by atoms with Crippen molar-refractivity contribution in [2.24, 2.45) is 5.92 Å². The van der Waals surface area contributed by atoms with Crippen LogP contribution in [0.25, 0.3) is 0 Å². The average Bonchev–Trinajstić information content (AvgIpc) is 2.36. The lowest BCUT2D eigenvalue weighted by Crippen LogP contribution is -2.41. The van der Waals surface area contributed by atoms with Crippen LogP contribution in [0.15, 0.2) is 17.0 Å². The van der Waals surface area contributed by atoms with Crippen molar-refractivity contribution in [3.8, 4) is 0 Å². The summed E-state index contributed by atoms with van der Waals surface area (Å²) in [5, 5.41) is 0. The van der Waals surface area contributed by atoms with Crippen molar-refractivity contribution in [2.75, 3.05) is 0 Å². The topological polar surface area (TPSA) is 46.2 Å². The molecule has 2 unspecified atom stereocenters. The van der Waals surface area contributed by atoms with Crippen LogP contribution in [0.5, 0.6) is 0 Å². The molecule has 1 saturated carbocycles. The highest BCUT2D eigenvalue weighted by Gasteiger charge is 2.27. The van der Waals surface area contributed by atoms with Crippen LogP contribution in [0, 0.1) is 26.7 Å². The van der Waals surface area contributed by atoms with Gasteiger partial charge in [-0.15, -0.1) is 0 Å². The number of hydrogen-bond acceptors (Lipinski definition) is 2. The summed E-state index contributed by atoms with van der Waals surface area (Å²) in [6.45, 7) is 7.97. The largest absolute Gasteiger partial charge is 0.241 e. The van der Waals surface area contributed by atoms with Gasteiger partial charge in [-0.2, -0.15) is 0 Å². The highest BCUT2D eigenvalue weighted by Crippen LogP contribution is 2.26. The van der Waals surface area contributed by atoms with Gasteiger partial charge in [-0.1, -0.05) is 25.8 Å². The van der Waals surface area contributed by atoms with Crippen LogP contribution in [0.1, 0.15) is 49.3 Å². The monoisotopic (exact) mass is 295 g/mol. The Morgan fingerprint density at radius 3 is 2.25 bits per heavy atom. The molecule has 0 saturated heterocycles. The van der Waals surface area contributed by atoms with Gasteiger partial charge in [0.15, 0.2) is 0 Å².